The molecule has 3 saturated carbocycles. The standard InChI is InChI=1S/C23H42O3/c24-18-23(21-10-2-1-3-11-21)26-17-15-22(20-12-6-7-13-20)25-16-14-19-8-4-5-9-19/h19-24H,1-18H2. The molecule has 0 aromatic rings. The van der Waals surface area contributed by atoms with E-state index in [4.69, 9.17) is 9.47 Å². The molecule has 0 amide bonds. The van der Waals surface area contributed by atoms with Gasteiger partial charge in [-0.05, 0) is 56.3 Å². The highest BCUT2D eigenvalue weighted by Gasteiger charge is 2.28. The van der Waals surface area contributed by atoms with Gasteiger partial charge in [-0.25, -0.2) is 0 Å². The lowest BCUT2D eigenvalue weighted by molar-refractivity contribution is -0.0607. The minimum Gasteiger partial charge on any atom is -0.394 e. The van der Waals surface area contributed by atoms with Crippen LogP contribution in [0.1, 0.15) is 96.3 Å². The van der Waals surface area contributed by atoms with Gasteiger partial charge >= 0.3 is 0 Å². The van der Waals surface area contributed by atoms with Crippen LogP contribution in [0.15, 0.2) is 0 Å². The third-order valence-electron chi connectivity index (χ3n) is 7.35. The number of aliphatic hydroxyl groups is 1. The van der Waals surface area contributed by atoms with Gasteiger partial charge in [-0.1, -0.05) is 57.8 Å². The van der Waals surface area contributed by atoms with Crippen LogP contribution in [0.25, 0.3) is 0 Å². The first-order valence-electron chi connectivity index (χ1n) is 11.7. The molecule has 0 saturated heterocycles. The Morgan fingerprint density at radius 3 is 1.85 bits per heavy atom. The zero-order chi connectivity index (χ0) is 18.0. The summed E-state index contributed by atoms with van der Waals surface area (Å²) in [7, 11) is 0. The number of hydrogen-bond donors (Lipinski definition) is 1. The van der Waals surface area contributed by atoms with Gasteiger partial charge in [-0.15, -0.1) is 0 Å². The van der Waals surface area contributed by atoms with Crippen LogP contribution in [-0.4, -0.2) is 37.1 Å². The molecule has 3 rings (SSSR count). The highest BCUT2D eigenvalue weighted by molar-refractivity contribution is 4.78. The molecule has 0 aliphatic heterocycles. The molecule has 0 aromatic heterocycles. The van der Waals surface area contributed by atoms with Crippen LogP contribution in [0.3, 0.4) is 0 Å². The first-order chi connectivity index (χ1) is 12.9. The van der Waals surface area contributed by atoms with E-state index >= 15 is 0 Å². The smallest absolute Gasteiger partial charge is 0.0833 e. The molecule has 3 fully saturated rings. The van der Waals surface area contributed by atoms with Crippen molar-refractivity contribution in [1.82, 2.24) is 0 Å². The summed E-state index contributed by atoms with van der Waals surface area (Å²) in [5.41, 5.74) is 0. The maximum absolute atomic E-state index is 9.76. The lowest BCUT2D eigenvalue weighted by Crippen LogP contribution is -2.32. The van der Waals surface area contributed by atoms with Crippen LogP contribution < -0.4 is 0 Å². The Kier molecular flexibility index (Phi) is 9.24. The lowest BCUT2D eigenvalue weighted by atomic mass is 9.85. The molecule has 2 unspecified atom stereocenters. The molecule has 3 aliphatic carbocycles. The van der Waals surface area contributed by atoms with Crippen molar-refractivity contribution in [1.29, 1.82) is 0 Å². The summed E-state index contributed by atoms with van der Waals surface area (Å²) in [6.07, 6.45) is 20.2. The normalized spacial score (nSPS) is 25.7. The van der Waals surface area contributed by atoms with E-state index in [0.717, 1.165) is 31.5 Å². The van der Waals surface area contributed by atoms with Gasteiger partial charge < -0.3 is 14.6 Å². The summed E-state index contributed by atoms with van der Waals surface area (Å²) in [6.45, 7) is 1.88. The van der Waals surface area contributed by atoms with Crippen LogP contribution in [0.4, 0.5) is 0 Å². The first kappa shape index (κ1) is 20.6. The second-order valence-corrected chi connectivity index (χ2v) is 9.17. The highest BCUT2D eigenvalue weighted by Crippen LogP contribution is 2.33. The molecule has 1 N–H and O–H groups in total. The summed E-state index contributed by atoms with van der Waals surface area (Å²) >= 11 is 0. The van der Waals surface area contributed by atoms with Crippen LogP contribution in [0.2, 0.25) is 0 Å². The Bertz CT molecular complexity index is 354. The zero-order valence-electron chi connectivity index (χ0n) is 16.9. The average molecular weight is 367 g/mol. The SMILES string of the molecule is OCC(OCCC(OCCC1CCCC1)C1CCCC1)C1CCCCC1. The Balaban J connectivity index is 1.39. The molecule has 0 radical (unpaired) electrons. The minimum absolute atomic E-state index is 0.0537. The number of rotatable bonds is 11. The molecule has 152 valence electrons. The van der Waals surface area contributed by atoms with Gasteiger partial charge in [0, 0.05) is 13.2 Å². The van der Waals surface area contributed by atoms with E-state index in [1.54, 1.807) is 0 Å². The molecule has 0 aromatic carbocycles. The molecule has 26 heavy (non-hydrogen) atoms. The Morgan fingerprint density at radius 2 is 1.19 bits per heavy atom. The van der Waals surface area contributed by atoms with Gasteiger partial charge in [0.25, 0.3) is 0 Å². The fourth-order valence-corrected chi connectivity index (χ4v) is 5.65. The van der Waals surface area contributed by atoms with E-state index < -0.39 is 0 Å². The molecule has 3 heteroatoms. The van der Waals surface area contributed by atoms with Gasteiger partial charge in [-0.2, -0.15) is 0 Å². The quantitative estimate of drug-likeness (QED) is 0.525. The van der Waals surface area contributed by atoms with E-state index in [-0.39, 0.29) is 12.7 Å². The second kappa shape index (κ2) is 11.7. The Morgan fingerprint density at radius 1 is 0.654 bits per heavy atom. The highest BCUT2D eigenvalue weighted by atomic mass is 16.5. The van der Waals surface area contributed by atoms with Gasteiger partial charge in [0.1, 0.15) is 0 Å². The third-order valence-corrected chi connectivity index (χ3v) is 7.35. The van der Waals surface area contributed by atoms with Crippen molar-refractivity contribution < 1.29 is 14.6 Å². The van der Waals surface area contributed by atoms with Crippen molar-refractivity contribution in [2.24, 2.45) is 17.8 Å². The molecular weight excluding hydrogens is 324 g/mol. The van der Waals surface area contributed by atoms with E-state index in [2.05, 4.69) is 0 Å². The molecular formula is C23H42O3. The molecule has 0 bridgehead atoms. The fraction of sp³-hybridized carbons (Fsp3) is 1.00. The molecule has 0 heterocycles. The summed E-state index contributed by atoms with van der Waals surface area (Å²) in [4.78, 5) is 0. The van der Waals surface area contributed by atoms with E-state index in [1.165, 1.54) is 89.9 Å². The van der Waals surface area contributed by atoms with Gasteiger partial charge in [0.2, 0.25) is 0 Å². The third kappa shape index (κ3) is 6.49. The van der Waals surface area contributed by atoms with Crippen LogP contribution in [0, 0.1) is 17.8 Å². The van der Waals surface area contributed by atoms with Crippen molar-refractivity contribution >= 4 is 0 Å². The maximum atomic E-state index is 9.76. The van der Waals surface area contributed by atoms with Crippen LogP contribution in [0.5, 0.6) is 0 Å². The van der Waals surface area contributed by atoms with Crippen molar-refractivity contribution in [2.45, 2.75) is 109 Å². The van der Waals surface area contributed by atoms with Crippen molar-refractivity contribution in [2.75, 3.05) is 19.8 Å². The van der Waals surface area contributed by atoms with Gasteiger partial charge in [0.05, 0.1) is 18.8 Å². The summed E-state index contributed by atoms with van der Waals surface area (Å²) in [6, 6.07) is 0. The summed E-state index contributed by atoms with van der Waals surface area (Å²) in [5.74, 6) is 2.23. The molecule has 3 nitrogen and oxygen atoms in total. The largest absolute Gasteiger partial charge is 0.394 e. The fourth-order valence-electron chi connectivity index (χ4n) is 5.65. The average Bonchev–Trinajstić information content (AvgIpc) is 3.38. The Labute approximate surface area is 161 Å². The number of aliphatic hydroxyl groups excluding tert-OH is 1. The monoisotopic (exact) mass is 366 g/mol. The van der Waals surface area contributed by atoms with Crippen molar-refractivity contribution in [3.8, 4) is 0 Å². The summed E-state index contributed by atoms with van der Waals surface area (Å²) in [5, 5.41) is 9.76. The number of hydrogen-bond acceptors (Lipinski definition) is 3. The van der Waals surface area contributed by atoms with Crippen LogP contribution >= 0.6 is 0 Å². The van der Waals surface area contributed by atoms with Crippen molar-refractivity contribution in [3.05, 3.63) is 0 Å². The zero-order valence-corrected chi connectivity index (χ0v) is 16.9. The molecule has 2 atom stereocenters. The lowest BCUT2D eigenvalue weighted by Gasteiger charge is -2.30. The van der Waals surface area contributed by atoms with Crippen molar-refractivity contribution in [3.63, 3.8) is 0 Å². The predicted octanol–water partition coefficient (Wildman–Crippen LogP) is 5.49. The van der Waals surface area contributed by atoms with Gasteiger partial charge in [-0.3, -0.25) is 0 Å². The maximum Gasteiger partial charge on any atom is 0.0833 e. The summed E-state index contributed by atoms with van der Waals surface area (Å²) < 4.78 is 12.6. The Hall–Kier alpha value is -0.120. The number of ether oxygens (including phenoxy) is 2. The van der Waals surface area contributed by atoms with Crippen LogP contribution in [-0.2, 0) is 9.47 Å². The minimum atomic E-state index is 0.0537. The van der Waals surface area contributed by atoms with E-state index in [1.807, 2.05) is 0 Å². The topological polar surface area (TPSA) is 38.7 Å². The predicted molar refractivity (Wildman–Crippen MR) is 106 cm³/mol. The second-order valence-electron chi connectivity index (χ2n) is 9.17. The first-order valence-corrected chi connectivity index (χ1v) is 11.7. The van der Waals surface area contributed by atoms with E-state index in [0.29, 0.717) is 12.0 Å². The molecule has 0 spiro atoms. The molecule has 3 aliphatic rings. The van der Waals surface area contributed by atoms with Gasteiger partial charge in [0.15, 0.2) is 0 Å². The van der Waals surface area contributed by atoms with E-state index in [9.17, 15) is 5.11 Å².